The van der Waals surface area contributed by atoms with Crippen LogP contribution in [0.15, 0.2) is 40.5 Å². The van der Waals surface area contributed by atoms with Crippen molar-refractivity contribution in [2.24, 2.45) is 16.8 Å². The standard InChI is InChI=1S/C27H36N4O8/c1-16(2)24(27(34)39-14-11-30-9-12-38-13-10-30)29-25(32)21-17(3)28-18(4)22(26(33)37-5)23(21)19-7-6-8-20(15-19)31(35)36/h6-8,15-16,22-24H,9-14H2,1-5H3,(H,29,32)/t22?,23-,24-/m0/s1. The van der Waals surface area contributed by atoms with Crippen molar-refractivity contribution in [1.82, 2.24) is 10.2 Å². The Balaban J connectivity index is 1.88. The molecule has 1 aromatic carbocycles. The van der Waals surface area contributed by atoms with Crippen LogP contribution in [-0.2, 0) is 28.6 Å². The summed E-state index contributed by atoms with van der Waals surface area (Å²) in [6.07, 6.45) is 0. The molecule has 1 saturated heterocycles. The zero-order chi connectivity index (χ0) is 28.7. The van der Waals surface area contributed by atoms with E-state index >= 15 is 0 Å². The first-order chi connectivity index (χ1) is 18.5. The number of hydrogen-bond donors (Lipinski definition) is 1. The van der Waals surface area contributed by atoms with Crippen LogP contribution in [0.2, 0.25) is 0 Å². The maximum Gasteiger partial charge on any atom is 0.328 e. The van der Waals surface area contributed by atoms with Crippen LogP contribution >= 0.6 is 0 Å². The van der Waals surface area contributed by atoms with Gasteiger partial charge >= 0.3 is 11.9 Å². The molecule has 2 aliphatic heterocycles. The fourth-order valence-corrected chi connectivity index (χ4v) is 4.86. The number of rotatable bonds is 10. The number of ether oxygens (including phenoxy) is 3. The van der Waals surface area contributed by atoms with Gasteiger partial charge in [0.25, 0.3) is 5.69 Å². The van der Waals surface area contributed by atoms with Gasteiger partial charge in [-0.3, -0.25) is 29.6 Å². The zero-order valence-corrected chi connectivity index (χ0v) is 23.0. The summed E-state index contributed by atoms with van der Waals surface area (Å²) in [6.45, 7) is 10.4. The summed E-state index contributed by atoms with van der Waals surface area (Å²) in [7, 11) is 1.23. The van der Waals surface area contributed by atoms with E-state index in [0.29, 0.717) is 36.7 Å². The molecule has 12 heteroatoms. The van der Waals surface area contributed by atoms with Gasteiger partial charge in [-0.25, -0.2) is 4.79 Å². The monoisotopic (exact) mass is 544 g/mol. The van der Waals surface area contributed by atoms with Gasteiger partial charge in [-0.05, 0) is 25.3 Å². The molecular formula is C27H36N4O8. The Hall–Kier alpha value is -3.64. The van der Waals surface area contributed by atoms with E-state index in [2.05, 4.69) is 15.2 Å². The van der Waals surface area contributed by atoms with Crippen molar-refractivity contribution >= 4 is 29.2 Å². The molecule has 1 unspecified atom stereocenters. The molecule has 0 bridgehead atoms. The predicted molar refractivity (Wildman–Crippen MR) is 142 cm³/mol. The number of esters is 2. The molecule has 0 aromatic heterocycles. The fraction of sp³-hybridized carbons (Fsp3) is 0.556. The van der Waals surface area contributed by atoms with Crippen molar-refractivity contribution in [2.75, 3.05) is 46.6 Å². The number of aliphatic imine (C=N–C) groups is 1. The molecule has 3 rings (SSSR count). The van der Waals surface area contributed by atoms with Gasteiger partial charge in [0.05, 0.1) is 25.2 Å². The number of hydrogen-bond acceptors (Lipinski definition) is 10. The molecule has 39 heavy (non-hydrogen) atoms. The van der Waals surface area contributed by atoms with Gasteiger partial charge in [-0.1, -0.05) is 26.0 Å². The number of benzene rings is 1. The van der Waals surface area contributed by atoms with Gasteiger partial charge in [0.15, 0.2) is 0 Å². The average Bonchev–Trinajstić information content (AvgIpc) is 2.91. The van der Waals surface area contributed by atoms with Crippen molar-refractivity contribution in [2.45, 2.75) is 39.7 Å². The van der Waals surface area contributed by atoms with Gasteiger partial charge < -0.3 is 19.5 Å². The lowest BCUT2D eigenvalue weighted by atomic mass is 9.75. The van der Waals surface area contributed by atoms with E-state index in [0.717, 1.165) is 13.1 Å². The third-order valence-corrected chi connectivity index (χ3v) is 6.93. The summed E-state index contributed by atoms with van der Waals surface area (Å²) in [5, 5.41) is 14.2. The first kappa shape index (κ1) is 29.9. The van der Waals surface area contributed by atoms with Gasteiger partial charge in [0.1, 0.15) is 18.6 Å². The van der Waals surface area contributed by atoms with E-state index in [1.807, 2.05) is 0 Å². The third kappa shape index (κ3) is 7.27. The van der Waals surface area contributed by atoms with Crippen LogP contribution in [0.1, 0.15) is 39.2 Å². The molecule has 0 aliphatic carbocycles. The van der Waals surface area contributed by atoms with Crippen LogP contribution < -0.4 is 5.32 Å². The minimum atomic E-state index is -0.987. The van der Waals surface area contributed by atoms with E-state index in [1.54, 1.807) is 33.8 Å². The molecule has 2 aliphatic rings. The molecule has 3 atom stereocenters. The molecule has 1 aromatic rings. The first-order valence-electron chi connectivity index (χ1n) is 12.9. The van der Waals surface area contributed by atoms with E-state index in [-0.39, 0.29) is 23.8 Å². The number of non-ortho nitro benzene ring substituents is 1. The molecular weight excluding hydrogens is 508 g/mol. The van der Waals surface area contributed by atoms with Gasteiger partial charge in [0, 0.05) is 54.7 Å². The molecule has 1 fully saturated rings. The Morgan fingerprint density at radius 3 is 2.54 bits per heavy atom. The lowest BCUT2D eigenvalue weighted by Crippen LogP contribution is -2.48. The van der Waals surface area contributed by atoms with Gasteiger partial charge in [-0.15, -0.1) is 0 Å². The lowest BCUT2D eigenvalue weighted by molar-refractivity contribution is -0.384. The van der Waals surface area contributed by atoms with Crippen molar-refractivity contribution in [3.63, 3.8) is 0 Å². The minimum Gasteiger partial charge on any atom is -0.468 e. The quantitative estimate of drug-likeness (QED) is 0.266. The highest BCUT2D eigenvalue weighted by Crippen LogP contribution is 2.40. The van der Waals surface area contributed by atoms with Crippen LogP contribution in [0.25, 0.3) is 0 Å². The second-order valence-electron chi connectivity index (χ2n) is 9.90. The smallest absolute Gasteiger partial charge is 0.328 e. The van der Waals surface area contributed by atoms with Crippen molar-refractivity contribution < 1.29 is 33.5 Å². The molecule has 2 heterocycles. The van der Waals surface area contributed by atoms with Gasteiger partial charge in [-0.2, -0.15) is 0 Å². The van der Waals surface area contributed by atoms with E-state index < -0.39 is 40.6 Å². The fourth-order valence-electron chi connectivity index (χ4n) is 4.86. The number of carbonyl (C=O) groups excluding carboxylic acids is 3. The number of carbonyl (C=O) groups is 3. The number of nitro benzene ring substituents is 1. The second kappa shape index (κ2) is 13.4. The SMILES string of the molecule is COC(=O)C1C(C)=NC(C)=C(C(=O)N[C@H](C(=O)OCCN2CCOCC2)C(C)C)[C@@H]1c1cccc([N+](=O)[O-])c1. The number of methoxy groups -OCH3 is 1. The molecule has 0 spiro atoms. The normalized spacial score (nSPS) is 20.7. The van der Waals surface area contributed by atoms with E-state index in [1.165, 1.54) is 25.3 Å². The Labute approximate surface area is 227 Å². The number of morpholine rings is 1. The largest absolute Gasteiger partial charge is 0.468 e. The highest BCUT2D eigenvalue weighted by atomic mass is 16.6. The van der Waals surface area contributed by atoms with E-state index in [4.69, 9.17) is 14.2 Å². The van der Waals surface area contributed by atoms with Crippen LogP contribution in [0, 0.1) is 22.0 Å². The summed E-state index contributed by atoms with van der Waals surface area (Å²) in [5.41, 5.74) is 1.08. The molecule has 0 radical (unpaired) electrons. The molecule has 212 valence electrons. The van der Waals surface area contributed by atoms with Gasteiger partial charge in [0.2, 0.25) is 5.91 Å². The Bertz CT molecular complexity index is 1160. The number of nitrogens with one attached hydrogen (secondary N) is 1. The summed E-state index contributed by atoms with van der Waals surface area (Å²) in [6, 6.07) is 4.82. The maximum atomic E-state index is 13.8. The molecule has 1 amide bonds. The summed E-state index contributed by atoms with van der Waals surface area (Å²) in [5.74, 6) is -4.02. The minimum absolute atomic E-state index is 0.128. The Morgan fingerprint density at radius 2 is 1.92 bits per heavy atom. The second-order valence-corrected chi connectivity index (χ2v) is 9.90. The number of nitrogens with zero attached hydrogens (tertiary/aromatic N) is 3. The summed E-state index contributed by atoms with van der Waals surface area (Å²) in [4.78, 5) is 57.1. The summed E-state index contributed by atoms with van der Waals surface area (Å²) >= 11 is 0. The number of amides is 1. The Kier molecular flexibility index (Phi) is 10.3. The van der Waals surface area contributed by atoms with Crippen molar-refractivity contribution in [3.8, 4) is 0 Å². The average molecular weight is 545 g/mol. The first-order valence-corrected chi connectivity index (χ1v) is 12.9. The predicted octanol–water partition coefficient (Wildman–Crippen LogP) is 2.23. The maximum absolute atomic E-state index is 13.8. The van der Waals surface area contributed by atoms with E-state index in [9.17, 15) is 24.5 Å². The zero-order valence-electron chi connectivity index (χ0n) is 23.0. The number of nitro groups is 1. The Morgan fingerprint density at radius 1 is 1.23 bits per heavy atom. The van der Waals surface area contributed by atoms with Crippen LogP contribution in [0.3, 0.4) is 0 Å². The molecule has 1 N–H and O–H groups in total. The highest BCUT2D eigenvalue weighted by molar-refractivity contribution is 6.08. The van der Waals surface area contributed by atoms with Crippen LogP contribution in [0.5, 0.6) is 0 Å². The number of allylic oxidation sites excluding steroid dienone is 1. The summed E-state index contributed by atoms with van der Waals surface area (Å²) < 4.78 is 15.8. The molecule has 0 saturated carbocycles. The van der Waals surface area contributed by atoms with Crippen molar-refractivity contribution in [1.29, 1.82) is 0 Å². The van der Waals surface area contributed by atoms with Crippen LogP contribution in [-0.4, -0.2) is 86.0 Å². The highest BCUT2D eigenvalue weighted by Gasteiger charge is 2.43. The topological polar surface area (TPSA) is 150 Å². The lowest BCUT2D eigenvalue weighted by Gasteiger charge is -2.32. The van der Waals surface area contributed by atoms with Crippen molar-refractivity contribution in [3.05, 3.63) is 51.2 Å². The molecule has 12 nitrogen and oxygen atoms in total. The third-order valence-electron chi connectivity index (χ3n) is 6.93. The van der Waals surface area contributed by atoms with Crippen LogP contribution in [0.4, 0.5) is 5.69 Å².